The average molecular weight is 563 g/mol. The zero-order chi connectivity index (χ0) is 27.8. The predicted octanol–water partition coefficient (Wildman–Crippen LogP) is 3.08. The molecule has 7 rings (SSSR count). The lowest BCUT2D eigenvalue weighted by molar-refractivity contribution is 0.0700. The van der Waals surface area contributed by atoms with E-state index in [0.29, 0.717) is 46.6 Å². The van der Waals surface area contributed by atoms with E-state index in [2.05, 4.69) is 15.6 Å². The summed E-state index contributed by atoms with van der Waals surface area (Å²) in [4.78, 5) is 25.3. The molecule has 210 valence electrons. The van der Waals surface area contributed by atoms with Crippen molar-refractivity contribution in [3.63, 3.8) is 0 Å². The standard InChI is InChI=1S/C29H34N6O4S/c1-39-24-14-20(29(36)35-16-19-7-8-22(35)25(19)30)12-21-26(24)33(10-11-40(2,37)38)28(32-21)23-13-18-4-3-9-31-27(18)34(23)15-17-5-6-17/h3-4,9,12-14,17,19,22,25H,5-8,10-11,15-16,30H2,1-2H3/t19-,22-,25?/m1/s1. The Kier molecular flexibility index (Phi) is 5.94. The second kappa shape index (κ2) is 9.31. The monoisotopic (exact) mass is 562 g/mol. The van der Waals surface area contributed by atoms with Crippen molar-refractivity contribution in [3.8, 4) is 17.3 Å². The van der Waals surface area contributed by atoms with Crippen LogP contribution in [0.15, 0.2) is 36.5 Å². The Balaban J connectivity index is 1.39. The van der Waals surface area contributed by atoms with Crippen molar-refractivity contribution in [1.82, 2.24) is 24.0 Å². The Morgan fingerprint density at radius 3 is 2.65 bits per heavy atom. The van der Waals surface area contributed by atoms with Gasteiger partial charge in [0.15, 0.2) is 5.82 Å². The van der Waals surface area contributed by atoms with Crippen LogP contribution in [0.2, 0.25) is 0 Å². The number of aromatic nitrogens is 4. The van der Waals surface area contributed by atoms with E-state index in [1.807, 2.05) is 27.7 Å². The van der Waals surface area contributed by atoms with Crippen molar-refractivity contribution in [2.75, 3.05) is 25.7 Å². The highest BCUT2D eigenvalue weighted by molar-refractivity contribution is 7.90. The zero-order valence-electron chi connectivity index (χ0n) is 22.8. The van der Waals surface area contributed by atoms with Crippen LogP contribution in [-0.2, 0) is 22.9 Å². The van der Waals surface area contributed by atoms with Crippen LogP contribution in [0.25, 0.3) is 33.6 Å². The SMILES string of the molecule is COc1cc(C(=O)N2C[C@H]3CC[C@@H]2C3N)cc2nc(-c3cc4cccnc4n3CC3CC3)n(CCS(C)(=O)=O)c12. The summed E-state index contributed by atoms with van der Waals surface area (Å²) in [6.07, 6.45) is 7.38. The molecule has 1 saturated heterocycles. The lowest BCUT2D eigenvalue weighted by atomic mass is 10.1. The molecule has 1 aliphatic heterocycles. The highest BCUT2D eigenvalue weighted by Crippen LogP contribution is 2.40. The molecule has 1 unspecified atom stereocenters. The number of ether oxygens (including phenoxy) is 1. The molecule has 3 aliphatic rings. The molecule has 3 atom stereocenters. The molecule has 2 saturated carbocycles. The number of amides is 1. The smallest absolute Gasteiger partial charge is 0.254 e. The lowest BCUT2D eigenvalue weighted by Crippen LogP contribution is -2.41. The van der Waals surface area contributed by atoms with Gasteiger partial charge in [0.05, 0.1) is 24.1 Å². The van der Waals surface area contributed by atoms with Crippen molar-refractivity contribution in [1.29, 1.82) is 0 Å². The van der Waals surface area contributed by atoms with Gasteiger partial charge in [-0.05, 0) is 67.9 Å². The highest BCUT2D eigenvalue weighted by atomic mass is 32.2. The summed E-state index contributed by atoms with van der Waals surface area (Å²) in [7, 11) is -1.69. The van der Waals surface area contributed by atoms with Gasteiger partial charge in [0, 0.05) is 55.1 Å². The highest BCUT2D eigenvalue weighted by Gasteiger charge is 2.47. The van der Waals surface area contributed by atoms with Crippen LogP contribution in [0.5, 0.6) is 5.75 Å². The molecule has 40 heavy (non-hydrogen) atoms. The van der Waals surface area contributed by atoms with Gasteiger partial charge in [-0.1, -0.05) is 0 Å². The van der Waals surface area contributed by atoms with Gasteiger partial charge >= 0.3 is 0 Å². The largest absolute Gasteiger partial charge is 0.494 e. The number of likely N-dealkylation sites (tertiary alicyclic amines) is 1. The quantitative estimate of drug-likeness (QED) is 0.350. The molecule has 10 nitrogen and oxygen atoms in total. The molecule has 0 radical (unpaired) electrons. The number of nitrogens with two attached hydrogens (primary N) is 1. The molecule has 0 spiro atoms. The summed E-state index contributed by atoms with van der Waals surface area (Å²) in [5, 5.41) is 1.00. The molecule has 11 heteroatoms. The second-order valence-corrected chi connectivity index (χ2v) is 14.0. The molecule has 1 amide bonds. The summed E-state index contributed by atoms with van der Waals surface area (Å²) in [6.45, 7) is 1.70. The molecule has 3 fully saturated rings. The molecule has 1 aromatic carbocycles. The number of methoxy groups -OCH3 is 1. The molecular weight excluding hydrogens is 528 g/mol. The average Bonchev–Trinajstić information content (AvgIpc) is 3.28. The Morgan fingerprint density at radius 2 is 1.98 bits per heavy atom. The first-order valence-corrected chi connectivity index (χ1v) is 16.0. The first-order valence-electron chi connectivity index (χ1n) is 14.0. The van der Waals surface area contributed by atoms with E-state index in [-0.39, 0.29) is 30.3 Å². The maximum atomic E-state index is 13.7. The molecule has 2 bridgehead atoms. The number of fused-ring (bicyclic) bond motifs is 4. The number of imidazole rings is 1. The maximum absolute atomic E-state index is 13.7. The van der Waals surface area contributed by atoms with Crippen molar-refractivity contribution in [2.45, 2.75) is 50.9 Å². The van der Waals surface area contributed by atoms with Gasteiger partial charge in [0.1, 0.15) is 26.8 Å². The summed E-state index contributed by atoms with van der Waals surface area (Å²) >= 11 is 0. The van der Waals surface area contributed by atoms with Gasteiger partial charge in [0.2, 0.25) is 0 Å². The molecule has 2 N–H and O–H groups in total. The van der Waals surface area contributed by atoms with Crippen LogP contribution in [0, 0.1) is 11.8 Å². The van der Waals surface area contributed by atoms with Crippen molar-refractivity contribution >= 4 is 37.8 Å². The van der Waals surface area contributed by atoms with Crippen molar-refractivity contribution in [3.05, 3.63) is 42.1 Å². The van der Waals surface area contributed by atoms with Gasteiger partial charge in [-0.2, -0.15) is 0 Å². The van der Waals surface area contributed by atoms with E-state index in [9.17, 15) is 13.2 Å². The van der Waals surface area contributed by atoms with E-state index in [0.717, 1.165) is 36.1 Å². The first kappa shape index (κ1) is 25.5. The van der Waals surface area contributed by atoms with Gasteiger partial charge in [0.25, 0.3) is 5.91 Å². The summed E-state index contributed by atoms with van der Waals surface area (Å²) in [6, 6.07) is 9.67. The lowest BCUT2D eigenvalue weighted by Gasteiger charge is -2.27. The number of benzene rings is 1. The van der Waals surface area contributed by atoms with Crippen molar-refractivity contribution in [2.24, 2.45) is 17.6 Å². The van der Waals surface area contributed by atoms with Crippen LogP contribution < -0.4 is 10.5 Å². The van der Waals surface area contributed by atoms with Crippen LogP contribution in [0.1, 0.15) is 36.0 Å². The summed E-state index contributed by atoms with van der Waals surface area (Å²) in [5.41, 5.74) is 9.92. The van der Waals surface area contributed by atoms with Gasteiger partial charge in [-0.15, -0.1) is 0 Å². The molecular formula is C29H34N6O4S. The predicted molar refractivity (Wildman–Crippen MR) is 153 cm³/mol. The summed E-state index contributed by atoms with van der Waals surface area (Å²) < 4.78 is 34.5. The fourth-order valence-electron chi connectivity index (χ4n) is 6.64. The van der Waals surface area contributed by atoms with E-state index in [1.54, 1.807) is 19.4 Å². The van der Waals surface area contributed by atoms with Gasteiger partial charge < -0.3 is 24.5 Å². The Hall–Kier alpha value is -3.44. The number of nitrogens with zero attached hydrogens (tertiary/aromatic N) is 5. The minimum absolute atomic E-state index is 0.0263. The number of hydrogen-bond donors (Lipinski definition) is 1. The van der Waals surface area contributed by atoms with E-state index in [1.165, 1.54) is 19.1 Å². The number of piperidine rings is 1. The molecule has 3 aromatic heterocycles. The fraction of sp³-hybridized carbons (Fsp3) is 0.483. The fourth-order valence-corrected chi connectivity index (χ4v) is 7.16. The first-order chi connectivity index (χ1) is 19.2. The summed E-state index contributed by atoms with van der Waals surface area (Å²) in [5.74, 6) is 1.95. The zero-order valence-corrected chi connectivity index (χ0v) is 23.6. The van der Waals surface area contributed by atoms with Gasteiger partial charge in [-0.25, -0.2) is 18.4 Å². The third kappa shape index (κ3) is 4.26. The number of carbonyl (C=O) groups excluding carboxylic acids is 1. The van der Waals surface area contributed by atoms with Crippen LogP contribution in [0.3, 0.4) is 0 Å². The van der Waals surface area contributed by atoms with E-state index in [4.69, 9.17) is 15.5 Å². The normalized spacial score (nSPS) is 22.6. The van der Waals surface area contributed by atoms with Crippen molar-refractivity contribution < 1.29 is 17.9 Å². The van der Waals surface area contributed by atoms with E-state index < -0.39 is 9.84 Å². The number of rotatable bonds is 8. The minimum atomic E-state index is -3.26. The van der Waals surface area contributed by atoms with Crippen LogP contribution in [-0.4, -0.2) is 76.1 Å². The van der Waals surface area contributed by atoms with Crippen LogP contribution >= 0.6 is 0 Å². The van der Waals surface area contributed by atoms with Gasteiger partial charge in [-0.3, -0.25) is 4.79 Å². The number of aryl methyl sites for hydroxylation is 1. The number of sulfone groups is 1. The minimum Gasteiger partial charge on any atom is -0.494 e. The molecule has 4 aromatic rings. The third-order valence-electron chi connectivity index (χ3n) is 8.90. The number of pyridine rings is 1. The maximum Gasteiger partial charge on any atom is 0.254 e. The Bertz CT molecular complexity index is 1760. The number of hydrogen-bond acceptors (Lipinski definition) is 7. The van der Waals surface area contributed by atoms with E-state index >= 15 is 0 Å². The Morgan fingerprint density at radius 1 is 1.15 bits per heavy atom. The second-order valence-electron chi connectivity index (χ2n) is 11.7. The third-order valence-corrected chi connectivity index (χ3v) is 9.82. The molecule has 4 heterocycles. The Labute approximate surface area is 233 Å². The molecule has 2 aliphatic carbocycles. The topological polar surface area (TPSA) is 125 Å². The number of carbonyl (C=O) groups is 1. The van der Waals surface area contributed by atoms with Crippen LogP contribution in [0.4, 0.5) is 0 Å².